The lowest BCUT2D eigenvalue weighted by molar-refractivity contribution is 0.337. The van der Waals surface area contributed by atoms with Crippen molar-refractivity contribution in [1.29, 1.82) is 0 Å². The van der Waals surface area contributed by atoms with Gasteiger partial charge in [-0.15, -0.1) is 0 Å². The molecule has 3 nitrogen and oxygen atoms in total. The molecule has 0 spiro atoms. The predicted octanol–water partition coefficient (Wildman–Crippen LogP) is 2.66. The first-order chi connectivity index (χ1) is 8.65. The molecule has 1 heterocycles. The summed E-state index contributed by atoms with van der Waals surface area (Å²) in [6.07, 6.45) is 1.17. The van der Waals surface area contributed by atoms with Gasteiger partial charge in [0.05, 0.1) is 12.3 Å². The van der Waals surface area contributed by atoms with Gasteiger partial charge in [0.1, 0.15) is 5.75 Å². The summed E-state index contributed by atoms with van der Waals surface area (Å²) in [6.45, 7) is 10.5. The van der Waals surface area contributed by atoms with E-state index in [-0.39, 0.29) is 5.54 Å². The van der Waals surface area contributed by atoms with Gasteiger partial charge in [0.2, 0.25) is 0 Å². The largest absolute Gasteiger partial charge is 0.492 e. The second-order valence-electron chi connectivity index (χ2n) is 5.40. The molecule has 0 aromatic heterocycles. The van der Waals surface area contributed by atoms with E-state index in [1.165, 1.54) is 12.1 Å². The first-order valence-electron chi connectivity index (χ1n) is 6.85. The number of para-hydroxylation sites is 2. The molecule has 100 valence electrons. The van der Waals surface area contributed by atoms with Crippen LogP contribution in [-0.4, -0.2) is 31.8 Å². The standard InChI is InChI=1S/C15H24N2O/c1-4-18-14-9-6-5-8-13(14)17-11-7-10-16-12-15(17,2)3/h5-6,8-9,16H,4,7,10-12H2,1-3H3. The van der Waals surface area contributed by atoms with Gasteiger partial charge in [0.25, 0.3) is 0 Å². The fraction of sp³-hybridized carbons (Fsp3) is 0.600. The molecule has 0 amide bonds. The molecule has 18 heavy (non-hydrogen) atoms. The van der Waals surface area contributed by atoms with Gasteiger partial charge in [-0.2, -0.15) is 0 Å². The molecule has 1 aromatic carbocycles. The minimum Gasteiger partial charge on any atom is -0.492 e. The summed E-state index contributed by atoms with van der Waals surface area (Å²) >= 11 is 0. The summed E-state index contributed by atoms with van der Waals surface area (Å²) in [7, 11) is 0. The maximum Gasteiger partial charge on any atom is 0.142 e. The van der Waals surface area contributed by atoms with Gasteiger partial charge in [0.15, 0.2) is 0 Å². The lowest BCUT2D eigenvalue weighted by atomic mass is 10.0. The Morgan fingerprint density at radius 2 is 2.11 bits per heavy atom. The molecule has 1 aliphatic rings. The average Bonchev–Trinajstić information content (AvgIpc) is 2.51. The van der Waals surface area contributed by atoms with E-state index in [1.54, 1.807) is 0 Å². The van der Waals surface area contributed by atoms with Gasteiger partial charge >= 0.3 is 0 Å². The third-order valence-electron chi connectivity index (χ3n) is 3.48. The molecule has 0 radical (unpaired) electrons. The van der Waals surface area contributed by atoms with E-state index >= 15 is 0 Å². The van der Waals surface area contributed by atoms with E-state index in [0.717, 1.165) is 25.4 Å². The number of hydrogen-bond donors (Lipinski definition) is 1. The number of anilines is 1. The number of ether oxygens (including phenoxy) is 1. The molecule has 0 bridgehead atoms. The van der Waals surface area contributed by atoms with Crippen molar-refractivity contribution in [2.24, 2.45) is 0 Å². The molecule has 1 N–H and O–H groups in total. The second-order valence-corrected chi connectivity index (χ2v) is 5.40. The first-order valence-corrected chi connectivity index (χ1v) is 6.85. The van der Waals surface area contributed by atoms with Crippen molar-refractivity contribution in [3.05, 3.63) is 24.3 Å². The normalized spacial score (nSPS) is 19.4. The lowest BCUT2D eigenvalue weighted by Crippen LogP contribution is -2.48. The molecule has 0 aliphatic carbocycles. The van der Waals surface area contributed by atoms with Crippen LogP contribution < -0.4 is 15.0 Å². The molecular weight excluding hydrogens is 224 g/mol. The molecule has 1 saturated heterocycles. The summed E-state index contributed by atoms with van der Waals surface area (Å²) in [5, 5.41) is 3.51. The average molecular weight is 248 g/mol. The van der Waals surface area contributed by atoms with Crippen molar-refractivity contribution in [2.45, 2.75) is 32.7 Å². The molecule has 0 atom stereocenters. The van der Waals surface area contributed by atoms with E-state index < -0.39 is 0 Å². The number of nitrogens with zero attached hydrogens (tertiary/aromatic N) is 1. The third-order valence-corrected chi connectivity index (χ3v) is 3.48. The van der Waals surface area contributed by atoms with E-state index in [9.17, 15) is 0 Å². The van der Waals surface area contributed by atoms with Crippen LogP contribution in [-0.2, 0) is 0 Å². The van der Waals surface area contributed by atoms with E-state index in [4.69, 9.17) is 4.74 Å². The maximum atomic E-state index is 5.76. The zero-order valence-electron chi connectivity index (χ0n) is 11.7. The van der Waals surface area contributed by atoms with Gasteiger partial charge in [-0.25, -0.2) is 0 Å². The Kier molecular flexibility index (Phi) is 4.12. The van der Waals surface area contributed by atoms with E-state index in [1.807, 2.05) is 13.0 Å². The molecule has 2 rings (SSSR count). The van der Waals surface area contributed by atoms with Gasteiger partial charge in [-0.3, -0.25) is 0 Å². The van der Waals surface area contributed by atoms with Crippen LogP contribution in [0.4, 0.5) is 5.69 Å². The molecule has 0 unspecified atom stereocenters. The van der Waals surface area contributed by atoms with E-state index in [0.29, 0.717) is 6.61 Å². The van der Waals surface area contributed by atoms with Crippen LogP contribution in [0.5, 0.6) is 5.75 Å². The highest BCUT2D eigenvalue weighted by atomic mass is 16.5. The smallest absolute Gasteiger partial charge is 0.142 e. The van der Waals surface area contributed by atoms with Crippen LogP contribution in [0.25, 0.3) is 0 Å². The highest BCUT2D eigenvalue weighted by Crippen LogP contribution is 2.33. The summed E-state index contributed by atoms with van der Waals surface area (Å²) in [5.41, 5.74) is 1.33. The van der Waals surface area contributed by atoms with Crippen molar-refractivity contribution in [1.82, 2.24) is 5.32 Å². The summed E-state index contributed by atoms with van der Waals surface area (Å²) in [5.74, 6) is 0.995. The predicted molar refractivity (Wildman–Crippen MR) is 76.5 cm³/mol. The zero-order chi connectivity index (χ0) is 13.0. The Bertz CT molecular complexity index is 390. The number of nitrogens with one attached hydrogen (secondary N) is 1. The van der Waals surface area contributed by atoms with Crippen molar-refractivity contribution < 1.29 is 4.74 Å². The number of hydrogen-bond acceptors (Lipinski definition) is 3. The Morgan fingerprint density at radius 3 is 2.89 bits per heavy atom. The monoisotopic (exact) mass is 248 g/mol. The Hall–Kier alpha value is -1.22. The number of benzene rings is 1. The van der Waals surface area contributed by atoms with E-state index in [2.05, 4.69) is 42.3 Å². The van der Waals surface area contributed by atoms with Crippen molar-refractivity contribution >= 4 is 5.69 Å². The lowest BCUT2D eigenvalue weighted by Gasteiger charge is -2.39. The van der Waals surface area contributed by atoms with Gasteiger partial charge in [-0.1, -0.05) is 12.1 Å². The van der Waals surface area contributed by atoms with Gasteiger partial charge in [0, 0.05) is 18.6 Å². The molecule has 3 heteroatoms. The van der Waals surface area contributed by atoms with Crippen molar-refractivity contribution in [3.63, 3.8) is 0 Å². The van der Waals surface area contributed by atoms with Gasteiger partial charge in [-0.05, 0) is 45.9 Å². The van der Waals surface area contributed by atoms with Crippen LogP contribution in [0.15, 0.2) is 24.3 Å². The summed E-state index contributed by atoms with van der Waals surface area (Å²) in [6, 6.07) is 8.36. The zero-order valence-corrected chi connectivity index (χ0v) is 11.7. The number of rotatable bonds is 3. The topological polar surface area (TPSA) is 24.5 Å². The van der Waals surface area contributed by atoms with Crippen molar-refractivity contribution in [3.8, 4) is 5.75 Å². The SMILES string of the molecule is CCOc1ccccc1N1CCCNCC1(C)C. The van der Waals surface area contributed by atoms with Crippen molar-refractivity contribution in [2.75, 3.05) is 31.1 Å². The quantitative estimate of drug-likeness (QED) is 0.890. The Balaban J connectivity index is 2.33. The van der Waals surface area contributed by atoms with Crippen LogP contribution >= 0.6 is 0 Å². The Morgan fingerprint density at radius 1 is 1.33 bits per heavy atom. The minimum absolute atomic E-state index is 0.115. The van der Waals surface area contributed by atoms with Gasteiger partial charge < -0.3 is 15.0 Å². The fourth-order valence-corrected chi connectivity index (χ4v) is 2.56. The summed E-state index contributed by atoms with van der Waals surface area (Å²) in [4.78, 5) is 2.47. The molecule has 0 saturated carbocycles. The highest BCUT2D eigenvalue weighted by Gasteiger charge is 2.29. The molecular formula is C15H24N2O. The molecule has 1 aromatic rings. The second kappa shape index (κ2) is 5.61. The minimum atomic E-state index is 0.115. The van der Waals surface area contributed by atoms with Crippen LogP contribution in [0.1, 0.15) is 27.2 Å². The molecule has 1 aliphatic heterocycles. The third kappa shape index (κ3) is 2.78. The fourth-order valence-electron chi connectivity index (χ4n) is 2.56. The maximum absolute atomic E-state index is 5.76. The highest BCUT2D eigenvalue weighted by molar-refractivity contribution is 5.60. The molecule has 1 fully saturated rings. The van der Waals surface area contributed by atoms with Crippen LogP contribution in [0.2, 0.25) is 0 Å². The van der Waals surface area contributed by atoms with Crippen LogP contribution in [0.3, 0.4) is 0 Å². The van der Waals surface area contributed by atoms with Crippen LogP contribution in [0, 0.1) is 0 Å². The Labute approximate surface area is 110 Å². The summed E-state index contributed by atoms with van der Waals surface area (Å²) < 4.78 is 5.76. The first kappa shape index (κ1) is 13.2.